The van der Waals surface area contributed by atoms with Gasteiger partial charge in [-0.2, -0.15) is 0 Å². The normalized spacial score (nSPS) is 11.1. The van der Waals surface area contributed by atoms with Crippen LogP contribution in [0.15, 0.2) is 29.3 Å². The number of anilines is 1. The standard InChI is InChI=1S/C15H24N4O2/c1-4-21-9-8-17-15(16-3)18-11-13-6-5-7-14(10-13)19-12(2)20/h5-7,10H,4,8-9,11H2,1-3H3,(H,19,20)(H2,16,17,18). The lowest BCUT2D eigenvalue weighted by Crippen LogP contribution is -2.38. The molecule has 1 rings (SSSR count). The molecule has 0 aliphatic rings. The van der Waals surface area contributed by atoms with E-state index in [4.69, 9.17) is 4.74 Å². The van der Waals surface area contributed by atoms with Crippen LogP contribution in [0.1, 0.15) is 19.4 Å². The number of aliphatic imine (C=N–C) groups is 1. The van der Waals surface area contributed by atoms with E-state index in [0.29, 0.717) is 26.3 Å². The van der Waals surface area contributed by atoms with Gasteiger partial charge in [-0.3, -0.25) is 9.79 Å². The van der Waals surface area contributed by atoms with Gasteiger partial charge < -0.3 is 20.7 Å². The predicted molar refractivity (Wildman–Crippen MR) is 85.4 cm³/mol. The quantitative estimate of drug-likeness (QED) is 0.403. The summed E-state index contributed by atoms with van der Waals surface area (Å²) in [7, 11) is 1.73. The van der Waals surface area contributed by atoms with Gasteiger partial charge in [0.15, 0.2) is 5.96 Å². The van der Waals surface area contributed by atoms with Gasteiger partial charge in [-0.15, -0.1) is 0 Å². The molecule has 0 aliphatic carbocycles. The highest BCUT2D eigenvalue weighted by Gasteiger charge is 2.00. The highest BCUT2D eigenvalue weighted by atomic mass is 16.5. The molecule has 6 heteroatoms. The number of nitrogens with zero attached hydrogens (tertiary/aromatic N) is 1. The Kier molecular flexibility index (Phi) is 7.89. The molecular formula is C15H24N4O2. The van der Waals surface area contributed by atoms with E-state index < -0.39 is 0 Å². The van der Waals surface area contributed by atoms with E-state index in [1.807, 2.05) is 31.2 Å². The zero-order valence-electron chi connectivity index (χ0n) is 12.9. The van der Waals surface area contributed by atoms with Gasteiger partial charge >= 0.3 is 0 Å². The van der Waals surface area contributed by atoms with E-state index in [1.165, 1.54) is 6.92 Å². The van der Waals surface area contributed by atoms with Crippen molar-refractivity contribution >= 4 is 17.6 Å². The first-order valence-electron chi connectivity index (χ1n) is 7.04. The highest BCUT2D eigenvalue weighted by molar-refractivity contribution is 5.88. The Balaban J connectivity index is 2.43. The fourth-order valence-electron chi connectivity index (χ4n) is 1.75. The van der Waals surface area contributed by atoms with Crippen LogP contribution in [0.4, 0.5) is 5.69 Å². The zero-order valence-corrected chi connectivity index (χ0v) is 12.9. The lowest BCUT2D eigenvalue weighted by molar-refractivity contribution is -0.114. The Morgan fingerprint density at radius 2 is 2.14 bits per heavy atom. The lowest BCUT2D eigenvalue weighted by Gasteiger charge is -2.12. The largest absolute Gasteiger partial charge is 0.380 e. The second-order valence-corrected chi connectivity index (χ2v) is 4.43. The Morgan fingerprint density at radius 3 is 2.81 bits per heavy atom. The first kappa shape index (κ1) is 17.0. The fourth-order valence-corrected chi connectivity index (χ4v) is 1.75. The van der Waals surface area contributed by atoms with Crippen LogP contribution >= 0.6 is 0 Å². The molecule has 1 amide bonds. The molecule has 116 valence electrons. The number of nitrogens with one attached hydrogen (secondary N) is 3. The number of benzene rings is 1. The van der Waals surface area contributed by atoms with E-state index in [9.17, 15) is 4.79 Å². The van der Waals surface area contributed by atoms with Crippen LogP contribution in [0.3, 0.4) is 0 Å². The first-order chi connectivity index (χ1) is 10.2. The number of carbonyl (C=O) groups excluding carboxylic acids is 1. The zero-order chi connectivity index (χ0) is 15.5. The minimum atomic E-state index is -0.0755. The Labute approximate surface area is 126 Å². The third-order valence-electron chi connectivity index (χ3n) is 2.67. The molecule has 0 fully saturated rings. The molecule has 1 aromatic carbocycles. The number of ether oxygens (including phenoxy) is 1. The van der Waals surface area contributed by atoms with Crippen LogP contribution in [0.25, 0.3) is 0 Å². The summed E-state index contributed by atoms with van der Waals surface area (Å²) in [6.07, 6.45) is 0. The molecule has 0 atom stereocenters. The van der Waals surface area contributed by atoms with Gasteiger partial charge in [0.25, 0.3) is 0 Å². The maximum atomic E-state index is 11.0. The second kappa shape index (κ2) is 9.77. The molecule has 0 saturated heterocycles. The van der Waals surface area contributed by atoms with Gasteiger partial charge in [-0.25, -0.2) is 0 Å². The van der Waals surface area contributed by atoms with Crippen LogP contribution in [0.2, 0.25) is 0 Å². The topological polar surface area (TPSA) is 74.8 Å². The maximum Gasteiger partial charge on any atom is 0.221 e. The van der Waals surface area contributed by atoms with Gasteiger partial charge in [-0.1, -0.05) is 12.1 Å². The van der Waals surface area contributed by atoms with Crippen LogP contribution in [0.5, 0.6) is 0 Å². The Bertz CT molecular complexity index is 474. The smallest absolute Gasteiger partial charge is 0.221 e. The van der Waals surface area contributed by atoms with E-state index in [-0.39, 0.29) is 5.91 Å². The Morgan fingerprint density at radius 1 is 1.33 bits per heavy atom. The molecule has 0 unspecified atom stereocenters. The van der Waals surface area contributed by atoms with E-state index in [0.717, 1.165) is 17.2 Å². The minimum absolute atomic E-state index is 0.0755. The summed E-state index contributed by atoms with van der Waals surface area (Å²) in [5.74, 6) is 0.646. The van der Waals surface area contributed by atoms with Crippen molar-refractivity contribution in [3.8, 4) is 0 Å². The van der Waals surface area contributed by atoms with E-state index in [1.54, 1.807) is 7.05 Å². The Hall–Kier alpha value is -2.08. The number of hydrogen-bond donors (Lipinski definition) is 3. The average molecular weight is 292 g/mol. The molecule has 6 nitrogen and oxygen atoms in total. The summed E-state index contributed by atoms with van der Waals surface area (Å²) >= 11 is 0. The molecule has 0 heterocycles. The van der Waals surface area contributed by atoms with Crippen molar-refractivity contribution in [3.05, 3.63) is 29.8 Å². The minimum Gasteiger partial charge on any atom is -0.380 e. The number of carbonyl (C=O) groups is 1. The van der Waals surface area contributed by atoms with Gasteiger partial charge in [-0.05, 0) is 24.6 Å². The number of hydrogen-bond acceptors (Lipinski definition) is 3. The van der Waals surface area contributed by atoms with Crippen LogP contribution in [-0.4, -0.2) is 38.7 Å². The van der Waals surface area contributed by atoms with Crippen LogP contribution < -0.4 is 16.0 Å². The van der Waals surface area contributed by atoms with Gasteiger partial charge in [0.05, 0.1) is 6.61 Å². The monoisotopic (exact) mass is 292 g/mol. The van der Waals surface area contributed by atoms with Crippen LogP contribution in [-0.2, 0) is 16.1 Å². The molecule has 21 heavy (non-hydrogen) atoms. The summed E-state index contributed by atoms with van der Waals surface area (Å²) in [6, 6.07) is 7.70. The molecule has 1 aromatic rings. The van der Waals surface area contributed by atoms with Crippen molar-refractivity contribution in [1.82, 2.24) is 10.6 Å². The van der Waals surface area contributed by atoms with E-state index in [2.05, 4.69) is 20.9 Å². The van der Waals surface area contributed by atoms with Crippen molar-refractivity contribution in [2.24, 2.45) is 4.99 Å². The third kappa shape index (κ3) is 7.31. The van der Waals surface area contributed by atoms with Gasteiger partial charge in [0.2, 0.25) is 5.91 Å². The second-order valence-electron chi connectivity index (χ2n) is 4.43. The molecule has 0 bridgehead atoms. The van der Waals surface area contributed by atoms with Crippen molar-refractivity contribution in [1.29, 1.82) is 0 Å². The van der Waals surface area contributed by atoms with Crippen molar-refractivity contribution < 1.29 is 9.53 Å². The molecule has 0 spiro atoms. The van der Waals surface area contributed by atoms with Crippen molar-refractivity contribution in [3.63, 3.8) is 0 Å². The average Bonchev–Trinajstić information content (AvgIpc) is 2.46. The fraction of sp³-hybridized carbons (Fsp3) is 0.467. The highest BCUT2D eigenvalue weighted by Crippen LogP contribution is 2.10. The first-order valence-corrected chi connectivity index (χ1v) is 7.04. The summed E-state index contributed by atoms with van der Waals surface area (Å²) in [5, 5.41) is 9.15. The van der Waals surface area contributed by atoms with Crippen molar-refractivity contribution in [2.45, 2.75) is 20.4 Å². The molecule has 3 N–H and O–H groups in total. The summed E-state index contributed by atoms with van der Waals surface area (Å²) < 4.78 is 5.26. The molecule has 0 radical (unpaired) electrons. The molecular weight excluding hydrogens is 268 g/mol. The van der Waals surface area contributed by atoms with E-state index >= 15 is 0 Å². The van der Waals surface area contributed by atoms with Gasteiger partial charge in [0.1, 0.15) is 0 Å². The summed E-state index contributed by atoms with van der Waals surface area (Å²) in [6.45, 7) is 6.16. The number of guanidine groups is 1. The molecule has 0 saturated carbocycles. The maximum absolute atomic E-state index is 11.0. The lowest BCUT2D eigenvalue weighted by atomic mass is 10.2. The molecule has 0 aliphatic heterocycles. The predicted octanol–water partition coefficient (Wildman–Crippen LogP) is 1.35. The van der Waals surface area contributed by atoms with Crippen LogP contribution in [0, 0.1) is 0 Å². The number of rotatable bonds is 7. The summed E-state index contributed by atoms with van der Waals surface area (Å²) in [5.41, 5.74) is 1.86. The van der Waals surface area contributed by atoms with Gasteiger partial charge in [0, 0.05) is 39.4 Å². The third-order valence-corrected chi connectivity index (χ3v) is 2.67. The molecule has 0 aromatic heterocycles. The number of amides is 1. The SMILES string of the molecule is CCOCCNC(=NC)NCc1cccc(NC(C)=O)c1. The van der Waals surface area contributed by atoms with Crippen molar-refractivity contribution in [2.75, 3.05) is 32.1 Å². The summed E-state index contributed by atoms with van der Waals surface area (Å²) in [4.78, 5) is 15.2.